The minimum absolute atomic E-state index is 0.0132. The number of aromatic carboxylic acids is 1. The van der Waals surface area contributed by atoms with Crippen LogP contribution in [-0.2, 0) is 0 Å². The summed E-state index contributed by atoms with van der Waals surface area (Å²) in [5.41, 5.74) is 0.906. The van der Waals surface area contributed by atoms with Gasteiger partial charge in [0, 0.05) is 23.2 Å². The first-order chi connectivity index (χ1) is 9.88. The summed E-state index contributed by atoms with van der Waals surface area (Å²) in [6, 6.07) is 3.37. The molecule has 21 heavy (non-hydrogen) atoms. The van der Waals surface area contributed by atoms with Crippen molar-refractivity contribution < 1.29 is 14.8 Å². The van der Waals surface area contributed by atoms with Gasteiger partial charge in [0.25, 0.3) is 5.69 Å². The Kier molecular flexibility index (Phi) is 4.18. The molecule has 2 rings (SSSR count). The summed E-state index contributed by atoms with van der Waals surface area (Å²) in [7, 11) is 0. The zero-order valence-corrected chi connectivity index (χ0v) is 12.2. The van der Waals surface area contributed by atoms with Crippen molar-refractivity contribution in [1.82, 2.24) is 4.98 Å². The normalized spacial score (nSPS) is 11.9. The number of nitro groups is 1. The van der Waals surface area contributed by atoms with E-state index in [0.717, 1.165) is 10.7 Å². The maximum Gasteiger partial charge on any atom is 0.337 e. The van der Waals surface area contributed by atoms with E-state index in [-0.39, 0.29) is 23.0 Å². The van der Waals surface area contributed by atoms with E-state index in [2.05, 4.69) is 10.3 Å². The van der Waals surface area contributed by atoms with Gasteiger partial charge in [0.15, 0.2) is 0 Å². The topological polar surface area (TPSA) is 105 Å². The molecule has 1 aromatic heterocycles. The number of rotatable bonds is 5. The number of aromatic nitrogens is 1. The third-order valence-electron chi connectivity index (χ3n) is 2.82. The van der Waals surface area contributed by atoms with Crippen LogP contribution in [0.3, 0.4) is 0 Å². The summed E-state index contributed by atoms with van der Waals surface area (Å²) in [4.78, 5) is 25.8. The van der Waals surface area contributed by atoms with Gasteiger partial charge in [0.05, 0.1) is 22.2 Å². The van der Waals surface area contributed by atoms with E-state index in [1.165, 1.54) is 29.5 Å². The van der Waals surface area contributed by atoms with E-state index in [0.29, 0.717) is 0 Å². The molecule has 1 aromatic carbocycles. The van der Waals surface area contributed by atoms with Crippen LogP contribution in [0, 0.1) is 17.0 Å². The molecule has 1 unspecified atom stereocenters. The van der Waals surface area contributed by atoms with Gasteiger partial charge in [-0.1, -0.05) is 0 Å². The van der Waals surface area contributed by atoms with Crippen molar-refractivity contribution in [1.29, 1.82) is 0 Å². The van der Waals surface area contributed by atoms with Crippen LogP contribution < -0.4 is 5.32 Å². The Labute approximate surface area is 124 Å². The van der Waals surface area contributed by atoms with Gasteiger partial charge in [-0.25, -0.2) is 9.78 Å². The number of hydrogen-bond donors (Lipinski definition) is 2. The summed E-state index contributed by atoms with van der Waals surface area (Å²) < 4.78 is 0. The van der Waals surface area contributed by atoms with Gasteiger partial charge >= 0.3 is 5.97 Å². The first kappa shape index (κ1) is 14.9. The van der Waals surface area contributed by atoms with Crippen LogP contribution in [0.5, 0.6) is 0 Å². The number of benzene rings is 1. The molecule has 1 heterocycles. The zero-order valence-electron chi connectivity index (χ0n) is 11.4. The number of nitro benzene ring substituents is 1. The van der Waals surface area contributed by atoms with Gasteiger partial charge in [-0.15, -0.1) is 11.3 Å². The second-order valence-corrected chi connectivity index (χ2v) is 5.37. The molecule has 0 saturated carbocycles. The molecule has 2 N–H and O–H groups in total. The third kappa shape index (κ3) is 3.34. The number of nitrogens with zero attached hydrogens (tertiary/aromatic N) is 2. The fourth-order valence-electron chi connectivity index (χ4n) is 1.82. The second kappa shape index (κ2) is 5.88. The van der Waals surface area contributed by atoms with Crippen molar-refractivity contribution in [2.24, 2.45) is 0 Å². The predicted octanol–water partition coefficient (Wildman–Crippen LogP) is 3.23. The minimum Gasteiger partial charge on any atom is -0.478 e. The highest BCUT2D eigenvalue weighted by Gasteiger charge is 2.18. The Morgan fingerprint density at radius 3 is 2.76 bits per heavy atom. The number of carboxylic acid groups (broad SMARTS) is 1. The van der Waals surface area contributed by atoms with Crippen LogP contribution in [0.15, 0.2) is 23.6 Å². The standard InChI is InChI=1S/C13H13N3O4S/c1-7-6-21-12(14-7)8(2)15-11-5-9(16(19)20)3-4-10(11)13(17)18/h3-6,8,15H,1-2H3,(H,17,18). The van der Waals surface area contributed by atoms with Crippen LogP contribution in [0.4, 0.5) is 11.4 Å². The molecule has 0 aliphatic heterocycles. The largest absolute Gasteiger partial charge is 0.478 e. The van der Waals surface area contributed by atoms with E-state index in [4.69, 9.17) is 5.11 Å². The van der Waals surface area contributed by atoms with Crippen molar-refractivity contribution >= 4 is 28.7 Å². The summed E-state index contributed by atoms with van der Waals surface area (Å²) in [5, 5.41) is 25.6. The number of anilines is 1. The molecule has 0 fully saturated rings. The number of carboxylic acids is 1. The Morgan fingerprint density at radius 2 is 2.24 bits per heavy atom. The number of nitrogens with one attached hydrogen (secondary N) is 1. The van der Waals surface area contributed by atoms with Crippen LogP contribution in [0.25, 0.3) is 0 Å². The summed E-state index contributed by atoms with van der Waals surface area (Å²) in [6.45, 7) is 3.69. The van der Waals surface area contributed by atoms with E-state index in [1.54, 1.807) is 0 Å². The van der Waals surface area contributed by atoms with Gasteiger partial charge in [-0.3, -0.25) is 10.1 Å². The maximum atomic E-state index is 11.2. The van der Waals surface area contributed by atoms with E-state index >= 15 is 0 Å². The number of aryl methyl sites for hydroxylation is 1. The molecule has 0 aliphatic rings. The van der Waals surface area contributed by atoms with Crippen molar-refractivity contribution in [3.63, 3.8) is 0 Å². The predicted molar refractivity (Wildman–Crippen MR) is 78.9 cm³/mol. The lowest BCUT2D eigenvalue weighted by Gasteiger charge is -2.14. The van der Waals surface area contributed by atoms with Gasteiger partial charge in [-0.2, -0.15) is 0 Å². The molecule has 2 aromatic rings. The number of non-ortho nitro benzene ring substituents is 1. The van der Waals surface area contributed by atoms with Gasteiger partial charge in [0.2, 0.25) is 0 Å². The lowest BCUT2D eigenvalue weighted by atomic mass is 10.1. The molecule has 0 saturated heterocycles. The van der Waals surface area contributed by atoms with Crippen molar-refractivity contribution in [3.05, 3.63) is 50.0 Å². The van der Waals surface area contributed by atoms with E-state index in [1.807, 2.05) is 19.2 Å². The first-order valence-electron chi connectivity index (χ1n) is 6.08. The van der Waals surface area contributed by atoms with Crippen LogP contribution in [-0.4, -0.2) is 21.0 Å². The lowest BCUT2D eigenvalue weighted by molar-refractivity contribution is -0.384. The molecule has 110 valence electrons. The van der Waals surface area contributed by atoms with Crippen LogP contribution >= 0.6 is 11.3 Å². The SMILES string of the molecule is Cc1csc(C(C)Nc2cc([N+](=O)[O-])ccc2C(=O)O)n1. The molecule has 0 bridgehead atoms. The molecule has 8 heteroatoms. The molecular formula is C13H13N3O4S. The maximum absolute atomic E-state index is 11.2. The fourth-order valence-corrected chi connectivity index (χ4v) is 2.62. The molecule has 1 atom stereocenters. The molecule has 7 nitrogen and oxygen atoms in total. The van der Waals surface area contributed by atoms with Crippen molar-refractivity contribution in [2.45, 2.75) is 19.9 Å². The van der Waals surface area contributed by atoms with Gasteiger partial charge in [0.1, 0.15) is 5.01 Å². The molecular weight excluding hydrogens is 294 g/mol. The quantitative estimate of drug-likeness (QED) is 0.649. The average molecular weight is 307 g/mol. The third-order valence-corrected chi connectivity index (χ3v) is 3.97. The molecule has 0 amide bonds. The Hall–Kier alpha value is -2.48. The summed E-state index contributed by atoms with van der Waals surface area (Å²) >= 11 is 1.45. The van der Waals surface area contributed by atoms with E-state index in [9.17, 15) is 14.9 Å². The molecule has 0 radical (unpaired) electrons. The fraction of sp³-hybridized carbons (Fsp3) is 0.231. The highest BCUT2D eigenvalue weighted by atomic mass is 32.1. The summed E-state index contributed by atoms with van der Waals surface area (Å²) in [5.74, 6) is -1.14. The van der Waals surface area contributed by atoms with Crippen molar-refractivity contribution in [2.75, 3.05) is 5.32 Å². The number of carbonyl (C=O) groups is 1. The highest BCUT2D eigenvalue weighted by Crippen LogP contribution is 2.28. The smallest absolute Gasteiger partial charge is 0.337 e. The Bertz CT molecular complexity index is 698. The Balaban J connectivity index is 2.34. The van der Waals surface area contributed by atoms with E-state index < -0.39 is 10.9 Å². The summed E-state index contributed by atoms with van der Waals surface area (Å²) in [6.07, 6.45) is 0. The molecule has 0 aliphatic carbocycles. The number of thiazole rings is 1. The van der Waals surface area contributed by atoms with Gasteiger partial charge in [-0.05, 0) is 19.9 Å². The lowest BCUT2D eigenvalue weighted by Crippen LogP contribution is -2.11. The van der Waals surface area contributed by atoms with Gasteiger partial charge < -0.3 is 10.4 Å². The number of hydrogen-bond acceptors (Lipinski definition) is 6. The second-order valence-electron chi connectivity index (χ2n) is 4.49. The average Bonchev–Trinajstić information content (AvgIpc) is 2.85. The zero-order chi connectivity index (χ0) is 15.6. The monoisotopic (exact) mass is 307 g/mol. The van der Waals surface area contributed by atoms with Crippen LogP contribution in [0.1, 0.15) is 34.0 Å². The minimum atomic E-state index is -1.14. The van der Waals surface area contributed by atoms with Crippen molar-refractivity contribution in [3.8, 4) is 0 Å². The highest BCUT2D eigenvalue weighted by molar-refractivity contribution is 7.09. The van der Waals surface area contributed by atoms with Crippen LogP contribution in [0.2, 0.25) is 0 Å². The Morgan fingerprint density at radius 1 is 1.52 bits per heavy atom. The first-order valence-corrected chi connectivity index (χ1v) is 6.96. The molecule has 0 spiro atoms.